The summed E-state index contributed by atoms with van der Waals surface area (Å²) in [6.07, 6.45) is 3.27. The maximum absolute atomic E-state index is 13.5. The molecule has 0 heterocycles. The summed E-state index contributed by atoms with van der Waals surface area (Å²) in [5, 5.41) is 12.7. The number of rotatable bonds is 9. The second kappa shape index (κ2) is 9.01. The molecule has 0 fully saturated rings. The van der Waals surface area contributed by atoms with Gasteiger partial charge in [0.2, 0.25) is 0 Å². The number of hydrogen-bond donors (Lipinski definition) is 1. The molecule has 1 rings (SSSR count). The third kappa shape index (κ3) is 5.64. The van der Waals surface area contributed by atoms with Gasteiger partial charge in [-0.3, -0.25) is 5.32 Å². The van der Waals surface area contributed by atoms with Gasteiger partial charge in [-0.1, -0.05) is 13.8 Å². The van der Waals surface area contributed by atoms with Crippen molar-refractivity contribution in [2.75, 3.05) is 12.3 Å². The van der Waals surface area contributed by atoms with Crippen molar-refractivity contribution in [3.8, 4) is 6.07 Å². The summed E-state index contributed by atoms with van der Waals surface area (Å²) in [4.78, 5) is 0.456. The van der Waals surface area contributed by atoms with Crippen molar-refractivity contribution >= 4 is 11.8 Å². The Kier molecular flexibility index (Phi) is 7.69. The normalized spacial score (nSPS) is 13.7. The van der Waals surface area contributed by atoms with Crippen molar-refractivity contribution in [1.29, 1.82) is 5.26 Å². The van der Waals surface area contributed by atoms with Crippen LogP contribution >= 0.6 is 11.8 Å². The second-order valence-corrected chi connectivity index (χ2v) is 6.14. The van der Waals surface area contributed by atoms with E-state index in [0.29, 0.717) is 10.6 Å². The monoisotopic (exact) mass is 312 g/mol. The lowest BCUT2D eigenvalue weighted by Crippen LogP contribution is -2.43. The third-order valence-corrected chi connectivity index (χ3v) is 4.57. The van der Waals surface area contributed by atoms with Crippen LogP contribution in [0.1, 0.15) is 39.5 Å². The average molecular weight is 312 g/mol. The van der Waals surface area contributed by atoms with E-state index in [-0.39, 0.29) is 0 Å². The predicted octanol–water partition coefficient (Wildman–Crippen LogP) is 4.51. The summed E-state index contributed by atoms with van der Waals surface area (Å²) in [7, 11) is 0. The van der Waals surface area contributed by atoms with E-state index >= 15 is 0 Å². The largest absolute Gasteiger partial charge is 0.299 e. The summed E-state index contributed by atoms with van der Waals surface area (Å²) in [6, 6.07) is 6.00. The Morgan fingerprint density at radius 2 is 2.10 bits per heavy atom. The Hall–Kier alpha value is -1.12. The van der Waals surface area contributed by atoms with Crippen LogP contribution in [0.3, 0.4) is 0 Å². The van der Waals surface area contributed by atoms with E-state index in [1.165, 1.54) is 23.9 Å². The zero-order valence-corrected chi connectivity index (χ0v) is 13.4. The van der Waals surface area contributed by atoms with Crippen molar-refractivity contribution in [2.45, 2.75) is 50.0 Å². The molecule has 0 saturated carbocycles. The van der Waals surface area contributed by atoms with Gasteiger partial charge < -0.3 is 0 Å². The van der Waals surface area contributed by atoms with Crippen LogP contribution in [0.15, 0.2) is 23.1 Å². The van der Waals surface area contributed by atoms with Crippen molar-refractivity contribution in [3.63, 3.8) is 0 Å². The molecule has 21 heavy (non-hydrogen) atoms. The van der Waals surface area contributed by atoms with E-state index in [0.717, 1.165) is 38.3 Å². The molecular formula is C16H22F2N2S. The highest BCUT2D eigenvalue weighted by Crippen LogP contribution is 2.25. The summed E-state index contributed by atoms with van der Waals surface area (Å²) in [5.74, 6) is -0.374. The average Bonchev–Trinajstić information content (AvgIpc) is 2.49. The van der Waals surface area contributed by atoms with Crippen LogP contribution in [0, 0.1) is 23.0 Å². The lowest BCUT2D eigenvalue weighted by Gasteiger charge is -2.26. The van der Waals surface area contributed by atoms with Crippen molar-refractivity contribution in [1.82, 2.24) is 5.32 Å². The Labute approximate surface area is 129 Å². The molecule has 1 aromatic rings. The fourth-order valence-electron chi connectivity index (χ4n) is 2.08. The van der Waals surface area contributed by atoms with E-state index < -0.39 is 17.2 Å². The zero-order chi connectivity index (χ0) is 15.7. The fraction of sp³-hybridized carbons (Fsp3) is 0.562. The van der Waals surface area contributed by atoms with Crippen LogP contribution < -0.4 is 5.32 Å². The molecule has 1 aromatic carbocycles. The number of nitriles is 1. The Morgan fingerprint density at radius 1 is 1.33 bits per heavy atom. The van der Waals surface area contributed by atoms with Crippen molar-refractivity contribution in [2.24, 2.45) is 0 Å². The van der Waals surface area contributed by atoms with Crippen LogP contribution in [-0.2, 0) is 0 Å². The van der Waals surface area contributed by atoms with Gasteiger partial charge >= 0.3 is 0 Å². The van der Waals surface area contributed by atoms with Crippen molar-refractivity contribution in [3.05, 3.63) is 29.8 Å². The van der Waals surface area contributed by atoms with E-state index in [4.69, 9.17) is 0 Å². The molecule has 0 radical (unpaired) electrons. The van der Waals surface area contributed by atoms with Crippen molar-refractivity contribution < 1.29 is 8.78 Å². The molecule has 0 aliphatic rings. The first kappa shape index (κ1) is 17.9. The Morgan fingerprint density at radius 3 is 2.67 bits per heavy atom. The number of hydrogen-bond acceptors (Lipinski definition) is 3. The molecule has 1 atom stereocenters. The predicted molar refractivity (Wildman–Crippen MR) is 83.2 cm³/mol. The molecule has 116 valence electrons. The summed E-state index contributed by atoms with van der Waals surface area (Å²) in [5.41, 5.74) is -0.488. The van der Waals surface area contributed by atoms with Gasteiger partial charge in [-0.05, 0) is 50.1 Å². The topological polar surface area (TPSA) is 35.8 Å². The molecule has 0 spiro atoms. The molecule has 0 amide bonds. The summed E-state index contributed by atoms with van der Waals surface area (Å²) >= 11 is 1.36. The molecule has 0 aliphatic carbocycles. The van der Waals surface area contributed by atoms with Crippen LogP contribution in [0.4, 0.5) is 8.78 Å². The first-order valence-electron chi connectivity index (χ1n) is 7.31. The minimum absolute atomic E-state index is 0.456. The Bertz CT molecular complexity index is 488. The standard InChI is InChI=1S/C16H22F2N2S/c1-3-9-20-16(4-2,12-19)8-5-10-21-15-7-6-13(17)11-14(15)18/h6-7,11,20H,3-5,8-10H2,1-2H3. The van der Waals surface area contributed by atoms with E-state index in [2.05, 4.69) is 18.3 Å². The number of benzene rings is 1. The maximum Gasteiger partial charge on any atom is 0.139 e. The number of thioether (sulfide) groups is 1. The molecule has 0 aromatic heterocycles. The van der Waals surface area contributed by atoms with Crippen LogP contribution in [0.25, 0.3) is 0 Å². The lowest BCUT2D eigenvalue weighted by atomic mass is 9.92. The van der Waals surface area contributed by atoms with Gasteiger partial charge in [-0.25, -0.2) is 8.78 Å². The smallest absolute Gasteiger partial charge is 0.139 e. The zero-order valence-electron chi connectivity index (χ0n) is 12.6. The van der Waals surface area contributed by atoms with Crippen LogP contribution in [0.5, 0.6) is 0 Å². The molecule has 2 nitrogen and oxygen atoms in total. The van der Waals surface area contributed by atoms with Gasteiger partial charge in [0, 0.05) is 11.0 Å². The summed E-state index contributed by atoms with van der Waals surface area (Å²) < 4.78 is 26.3. The van der Waals surface area contributed by atoms with Gasteiger partial charge in [0.25, 0.3) is 0 Å². The third-order valence-electron chi connectivity index (χ3n) is 3.43. The Balaban J connectivity index is 2.46. The van der Waals surface area contributed by atoms with E-state index in [1.807, 2.05) is 6.92 Å². The first-order valence-corrected chi connectivity index (χ1v) is 8.29. The SMILES string of the molecule is CCCNC(C#N)(CC)CCCSc1ccc(F)cc1F. The molecule has 0 aliphatic heterocycles. The van der Waals surface area contributed by atoms with Gasteiger partial charge in [-0.2, -0.15) is 5.26 Å². The van der Waals surface area contributed by atoms with Gasteiger partial charge in [0.1, 0.15) is 17.2 Å². The number of nitrogens with one attached hydrogen (secondary N) is 1. The van der Waals surface area contributed by atoms with E-state index in [1.54, 1.807) is 0 Å². The fourth-order valence-corrected chi connectivity index (χ4v) is 2.95. The molecular weight excluding hydrogens is 290 g/mol. The minimum Gasteiger partial charge on any atom is -0.299 e. The van der Waals surface area contributed by atoms with Crippen LogP contribution in [-0.4, -0.2) is 17.8 Å². The number of halogens is 2. The molecule has 5 heteroatoms. The van der Waals surface area contributed by atoms with Gasteiger partial charge in [0.15, 0.2) is 0 Å². The minimum atomic E-state index is -0.560. The first-order chi connectivity index (χ1) is 10.1. The highest BCUT2D eigenvalue weighted by Gasteiger charge is 2.26. The summed E-state index contributed by atoms with van der Waals surface area (Å²) in [6.45, 7) is 4.89. The van der Waals surface area contributed by atoms with Crippen LogP contribution in [0.2, 0.25) is 0 Å². The van der Waals surface area contributed by atoms with Gasteiger partial charge in [0.05, 0.1) is 6.07 Å². The molecule has 1 unspecified atom stereocenters. The highest BCUT2D eigenvalue weighted by molar-refractivity contribution is 7.99. The quantitative estimate of drug-likeness (QED) is 0.538. The second-order valence-electron chi connectivity index (χ2n) is 5.00. The molecule has 1 N–H and O–H groups in total. The highest BCUT2D eigenvalue weighted by atomic mass is 32.2. The van der Waals surface area contributed by atoms with E-state index in [9.17, 15) is 14.0 Å². The maximum atomic E-state index is 13.5. The number of nitrogens with zero attached hydrogens (tertiary/aromatic N) is 1. The molecule has 0 bridgehead atoms. The molecule has 0 saturated heterocycles. The van der Waals surface area contributed by atoms with Gasteiger partial charge in [-0.15, -0.1) is 11.8 Å². The lowest BCUT2D eigenvalue weighted by molar-refractivity contribution is 0.371.